The molecule has 0 fully saturated rings. The lowest BCUT2D eigenvalue weighted by atomic mass is 10.1. The molecule has 0 aliphatic heterocycles. The lowest BCUT2D eigenvalue weighted by molar-refractivity contribution is 0.101. The van der Waals surface area contributed by atoms with Crippen LogP contribution >= 0.6 is 11.6 Å². The zero-order valence-corrected chi connectivity index (χ0v) is 10.7. The molecule has 0 aliphatic carbocycles. The van der Waals surface area contributed by atoms with Crippen LogP contribution in [0.1, 0.15) is 17.3 Å². The largest absolute Gasteiger partial charge is 0.451 e. The van der Waals surface area contributed by atoms with Crippen LogP contribution < -0.4 is 4.74 Å². The second-order valence-electron chi connectivity index (χ2n) is 3.86. The molecule has 5 heteroatoms. The summed E-state index contributed by atoms with van der Waals surface area (Å²) < 4.78 is 32.4. The van der Waals surface area contributed by atoms with E-state index in [1.54, 1.807) is 0 Å². The highest BCUT2D eigenvalue weighted by molar-refractivity contribution is 6.30. The molecule has 2 nitrogen and oxygen atoms in total. The van der Waals surface area contributed by atoms with Crippen molar-refractivity contribution >= 4 is 17.4 Å². The van der Waals surface area contributed by atoms with Crippen molar-refractivity contribution in [2.45, 2.75) is 6.92 Å². The highest BCUT2D eigenvalue weighted by Crippen LogP contribution is 2.30. The lowest BCUT2D eigenvalue weighted by Crippen LogP contribution is -1.96. The van der Waals surface area contributed by atoms with E-state index in [0.717, 1.165) is 6.07 Å². The number of Topliss-reactive ketones (excluding diaryl/α,β-unsaturated/α-hetero) is 1. The van der Waals surface area contributed by atoms with Gasteiger partial charge in [0.15, 0.2) is 28.9 Å². The number of rotatable bonds is 3. The Balaban J connectivity index is 2.34. The van der Waals surface area contributed by atoms with E-state index < -0.39 is 11.6 Å². The van der Waals surface area contributed by atoms with E-state index in [9.17, 15) is 13.6 Å². The van der Waals surface area contributed by atoms with Gasteiger partial charge in [-0.3, -0.25) is 4.79 Å². The van der Waals surface area contributed by atoms with Gasteiger partial charge in [-0.2, -0.15) is 0 Å². The van der Waals surface area contributed by atoms with Crippen LogP contribution in [0.3, 0.4) is 0 Å². The third-order valence-corrected chi connectivity index (χ3v) is 2.77. The molecule has 19 heavy (non-hydrogen) atoms. The highest BCUT2D eigenvalue weighted by Gasteiger charge is 2.12. The van der Waals surface area contributed by atoms with Crippen molar-refractivity contribution in [3.8, 4) is 11.5 Å². The smallest absolute Gasteiger partial charge is 0.184 e. The summed E-state index contributed by atoms with van der Waals surface area (Å²) in [4.78, 5) is 11.1. The van der Waals surface area contributed by atoms with Crippen molar-refractivity contribution in [3.05, 3.63) is 58.6 Å². The summed E-state index contributed by atoms with van der Waals surface area (Å²) >= 11 is 5.59. The fraction of sp³-hybridized carbons (Fsp3) is 0.0714. The number of carbonyl (C=O) groups is 1. The zero-order valence-electron chi connectivity index (χ0n) is 9.91. The molecule has 0 aliphatic rings. The minimum atomic E-state index is -0.765. The number of halogens is 3. The van der Waals surface area contributed by atoms with Gasteiger partial charge in [0.05, 0.1) is 5.02 Å². The molecule has 0 saturated carbocycles. The summed E-state index contributed by atoms with van der Waals surface area (Å²) in [6.07, 6.45) is 0. The van der Waals surface area contributed by atoms with Crippen molar-refractivity contribution in [2.75, 3.05) is 0 Å². The molecule has 98 valence electrons. The first-order chi connectivity index (χ1) is 8.99. The Hall–Kier alpha value is -1.94. The van der Waals surface area contributed by atoms with Gasteiger partial charge < -0.3 is 4.74 Å². The summed E-state index contributed by atoms with van der Waals surface area (Å²) in [5.41, 5.74) is 0.219. The minimum Gasteiger partial charge on any atom is -0.451 e. The zero-order chi connectivity index (χ0) is 14.0. The summed E-state index contributed by atoms with van der Waals surface area (Å²) in [6, 6.07) is 7.90. The molecule has 0 amide bonds. The van der Waals surface area contributed by atoms with Gasteiger partial charge in [0, 0.05) is 5.56 Å². The highest BCUT2D eigenvalue weighted by atomic mass is 35.5. The van der Waals surface area contributed by atoms with Gasteiger partial charge in [-0.15, -0.1) is 0 Å². The van der Waals surface area contributed by atoms with E-state index in [1.165, 1.54) is 37.3 Å². The number of benzene rings is 2. The average Bonchev–Trinajstić information content (AvgIpc) is 2.37. The van der Waals surface area contributed by atoms with Gasteiger partial charge in [-0.05, 0) is 37.3 Å². The van der Waals surface area contributed by atoms with Crippen LogP contribution in [-0.4, -0.2) is 5.78 Å². The third kappa shape index (κ3) is 2.90. The summed E-state index contributed by atoms with van der Waals surface area (Å²) in [6.45, 7) is 1.33. The SMILES string of the molecule is CC(=O)c1ccc(Oc2cccc(Cl)c2F)c(F)c1. The Morgan fingerprint density at radius 3 is 2.53 bits per heavy atom. The van der Waals surface area contributed by atoms with Crippen LogP contribution in [-0.2, 0) is 0 Å². The molecule has 2 aromatic carbocycles. The van der Waals surface area contributed by atoms with Gasteiger partial charge in [-0.1, -0.05) is 17.7 Å². The topological polar surface area (TPSA) is 26.3 Å². The molecular weight excluding hydrogens is 274 g/mol. The van der Waals surface area contributed by atoms with Gasteiger partial charge >= 0.3 is 0 Å². The summed E-state index contributed by atoms with van der Waals surface area (Å²) in [5, 5.41) is -0.113. The van der Waals surface area contributed by atoms with E-state index in [4.69, 9.17) is 16.3 Å². The number of carbonyl (C=O) groups excluding carboxylic acids is 1. The van der Waals surface area contributed by atoms with Gasteiger partial charge in [0.2, 0.25) is 0 Å². The Morgan fingerprint density at radius 2 is 1.89 bits per heavy atom. The predicted octanol–water partition coefficient (Wildman–Crippen LogP) is 4.61. The first-order valence-electron chi connectivity index (χ1n) is 5.41. The first kappa shape index (κ1) is 13.5. The van der Waals surface area contributed by atoms with Crippen molar-refractivity contribution in [3.63, 3.8) is 0 Å². The first-order valence-corrected chi connectivity index (χ1v) is 5.79. The molecule has 0 radical (unpaired) electrons. The molecular formula is C14H9ClF2O2. The number of ether oxygens (including phenoxy) is 1. The fourth-order valence-corrected chi connectivity index (χ4v) is 1.65. The second kappa shape index (κ2) is 5.36. The third-order valence-electron chi connectivity index (χ3n) is 2.47. The quantitative estimate of drug-likeness (QED) is 0.768. The maximum atomic E-state index is 13.7. The van der Waals surface area contributed by atoms with Crippen LogP contribution in [0.5, 0.6) is 11.5 Å². The number of ketones is 1. The van der Waals surface area contributed by atoms with Gasteiger partial charge in [-0.25, -0.2) is 8.78 Å². The Bertz CT molecular complexity index is 641. The molecule has 0 bridgehead atoms. The van der Waals surface area contributed by atoms with E-state index in [1.807, 2.05) is 0 Å². The maximum Gasteiger partial charge on any atom is 0.184 e. The molecule has 0 atom stereocenters. The van der Waals surface area contributed by atoms with E-state index >= 15 is 0 Å². The van der Waals surface area contributed by atoms with E-state index in [0.29, 0.717) is 0 Å². The van der Waals surface area contributed by atoms with Crippen LogP contribution in [0, 0.1) is 11.6 Å². The molecule has 0 unspecified atom stereocenters. The van der Waals surface area contributed by atoms with Crippen molar-refractivity contribution in [2.24, 2.45) is 0 Å². The minimum absolute atomic E-state index is 0.113. The molecule has 2 aromatic rings. The maximum absolute atomic E-state index is 13.7. The number of hydrogen-bond acceptors (Lipinski definition) is 2. The van der Waals surface area contributed by atoms with Crippen molar-refractivity contribution < 1.29 is 18.3 Å². The standard InChI is InChI=1S/C14H9ClF2O2/c1-8(18)9-5-6-12(11(16)7-9)19-13-4-2-3-10(15)14(13)17/h2-7H,1H3. The molecule has 0 N–H and O–H groups in total. The van der Waals surface area contributed by atoms with Crippen LogP contribution in [0.15, 0.2) is 36.4 Å². The Kier molecular flexibility index (Phi) is 3.81. The normalized spacial score (nSPS) is 10.3. The van der Waals surface area contributed by atoms with Gasteiger partial charge in [0.1, 0.15) is 0 Å². The molecule has 0 saturated heterocycles. The van der Waals surface area contributed by atoms with Crippen molar-refractivity contribution in [1.29, 1.82) is 0 Å². The Morgan fingerprint density at radius 1 is 1.16 bits per heavy atom. The molecule has 0 spiro atoms. The molecule has 0 aromatic heterocycles. The molecule has 2 rings (SSSR count). The van der Waals surface area contributed by atoms with Crippen LogP contribution in [0.4, 0.5) is 8.78 Å². The lowest BCUT2D eigenvalue weighted by Gasteiger charge is -2.09. The second-order valence-corrected chi connectivity index (χ2v) is 4.26. The summed E-state index contributed by atoms with van der Waals surface area (Å²) in [7, 11) is 0. The predicted molar refractivity (Wildman–Crippen MR) is 67.9 cm³/mol. The monoisotopic (exact) mass is 282 g/mol. The van der Waals surface area contributed by atoms with Crippen LogP contribution in [0.2, 0.25) is 5.02 Å². The van der Waals surface area contributed by atoms with Gasteiger partial charge in [0.25, 0.3) is 0 Å². The van der Waals surface area contributed by atoms with E-state index in [-0.39, 0.29) is 27.9 Å². The van der Waals surface area contributed by atoms with Crippen molar-refractivity contribution in [1.82, 2.24) is 0 Å². The van der Waals surface area contributed by atoms with Crippen LogP contribution in [0.25, 0.3) is 0 Å². The molecule has 0 heterocycles. The average molecular weight is 283 g/mol. The Labute approximate surface area is 113 Å². The number of hydrogen-bond donors (Lipinski definition) is 0. The van der Waals surface area contributed by atoms with E-state index in [2.05, 4.69) is 0 Å². The fourth-order valence-electron chi connectivity index (χ4n) is 1.48. The summed E-state index contributed by atoms with van der Waals surface area (Å²) in [5.74, 6) is -2.13.